The number of aryl methyl sites for hydroxylation is 1. The van der Waals surface area contributed by atoms with Gasteiger partial charge in [-0.25, -0.2) is 4.68 Å². The second kappa shape index (κ2) is 5.95. The molecule has 1 atom stereocenters. The lowest BCUT2D eigenvalue weighted by Gasteiger charge is -2.26. The largest absolute Gasteiger partial charge is 0.348 e. The van der Waals surface area contributed by atoms with Crippen molar-refractivity contribution in [2.45, 2.75) is 32.4 Å². The van der Waals surface area contributed by atoms with E-state index in [4.69, 9.17) is 0 Å². The molecule has 1 amide bonds. The van der Waals surface area contributed by atoms with E-state index in [9.17, 15) is 4.79 Å². The Morgan fingerprint density at radius 2 is 2.38 bits per heavy atom. The highest BCUT2D eigenvalue weighted by atomic mass is 32.1. The van der Waals surface area contributed by atoms with E-state index in [1.807, 2.05) is 6.92 Å². The number of hydrogen-bond donors (Lipinski definition) is 2. The van der Waals surface area contributed by atoms with Gasteiger partial charge in [0, 0.05) is 35.3 Å². The van der Waals surface area contributed by atoms with Crippen LogP contribution in [0.3, 0.4) is 0 Å². The summed E-state index contributed by atoms with van der Waals surface area (Å²) in [5, 5.41) is 14.1. The van der Waals surface area contributed by atoms with Crippen molar-refractivity contribution in [2.75, 3.05) is 13.1 Å². The molecule has 2 aromatic heterocycles. The quantitative estimate of drug-likeness (QED) is 0.869. The maximum Gasteiger partial charge on any atom is 0.273 e. The zero-order chi connectivity index (χ0) is 14.8. The van der Waals surface area contributed by atoms with Crippen LogP contribution in [-0.2, 0) is 6.42 Å². The molecule has 7 heteroatoms. The molecule has 3 heterocycles. The number of hydrogen-bond acceptors (Lipinski definition) is 5. The maximum atomic E-state index is 12.2. The van der Waals surface area contributed by atoms with Gasteiger partial charge >= 0.3 is 0 Å². The first-order chi connectivity index (χ1) is 10.1. The van der Waals surface area contributed by atoms with Gasteiger partial charge in [0.25, 0.3) is 5.91 Å². The normalized spacial score (nSPS) is 16.5. The molecule has 0 bridgehead atoms. The first-order valence-corrected chi connectivity index (χ1v) is 7.92. The molecule has 1 aliphatic heterocycles. The van der Waals surface area contributed by atoms with Gasteiger partial charge in [0.2, 0.25) is 0 Å². The highest BCUT2D eigenvalue weighted by Gasteiger charge is 2.22. The van der Waals surface area contributed by atoms with E-state index in [2.05, 4.69) is 40.0 Å². The molecule has 3 rings (SSSR count). The zero-order valence-electron chi connectivity index (χ0n) is 12.2. The van der Waals surface area contributed by atoms with E-state index in [1.165, 1.54) is 9.75 Å². The number of carbonyl (C=O) groups is 1. The molecule has 1 fully saturated rings. The average molecular weight is 305 g/mol. The molecule has 0 aliphatic carbocycles. The lowest BCUT2D eigenvalue weighted by atomic mass is 10.2. The van der Waals surface area contributed by atoms with Crippen molar-refractivity contribution in [3.8, 4) is 0 Å². The van der Waals surface area contributed by atoms with E-state index in [0.29, 0.717) is 11.7 Å². The number of aromatic nitrogens is 3. The minimum absolute atomic E-state index is 0.0751. The fourth-order valence-corrected chi connectivity index (χ4v) is 3.28. The van der Waals surface area contributed by atoms with Gasteiger partial charge in [-0.1, -0.05) is 5.21 Å². The molecule has 2 aromatic rings. The van der Waals surface area contributed by atoms with Crippen LogP contribution in [0.4, 0.5) is 0 Å². The Kier molecular flexibility index (Phi) is 4.03. The van der Waals surface area contributed by atoms with Crippen molar-refractivity contribution in [1.29, 1.82) is 0 Å². The zero-order valence-corrected chi connectivity index (χ0v) is 13.0. The summed E-state index contributed by atoms with van der Waals surface area (Å²) in [4.78, 5) is 14.7. The Morgan fingerprint density at radius 3 is 3.00 bits per heavy atom. The van der Waals surface area contributed by atoms with Crippen molar-refractivity contribution in [3.63, 3.8) is 0 Å². The monoisotopic (exact) mass is 305 g/mol. The molecule has 0 saturated carbocycles. The Bertz CT molecular complexity index is 631. The van der Waals surface area contributed by atoms with E-state index in [-0.39, 0.29) is 11.9 Å². The number of thiophene rings is 1. The van der Waals surface area contributed by atoms with Crippen LogP contribution in [0.15, 0.2) is 18.3 Å². The number of amides is 1. The Hall–Kier alpha value is -1.73. The van der Waals surface area contributed by atoms with Gasteiger partial charge in [0.1, 0.15) is 0 Å². The summed E-state index contributed by atoms with van der Waals surface area (Å²) in [6.07, 6.45) is 2.56. The highest BCUT2D eigenvalue weighted by Crippen LogP contribution is 2.17. The van der Waals surface area contributed by atoms with Gasteiger partial charge in [-0.2, -0.15) is 0 Å². The van der Waals surface area contributed by atoms with Crippen molar-refractivity contribution in [1.82, 2.24) is 25.6 Å². The summed E-state index contributed by atoms with van der Waals surface area (Å²) in [6.45, 7) is 5.87. The highest BCUT2D eigenvalue weighted by molar-refractivity contribution is 7.11. The summed E-state index contributed by atoms with van der Waals surface area (Å²) < 4.78 is 1.76. The molecule has 0 aromatic carbocycles. The third-order valence-electron chi connectivity index (χ3n) is 3.56. The molecule has 1 saturated heterocycles. The van der Waals surface area contributed by atoms with Gasteiger partial charge in [-0.05, 0) is 26.0 Å². The predicted octanol–water partition coefficient (Wildman–Crippen LogP) is 1.15. The van der Waals surface area contributed by atoms with Crippen LogP contribution >= 0.6 is 11.3 Å². The van der Waals surface area contributed by atoms with E-state index >= 15 is 0 Å². The minimum atomic E-state index is -0.158. The maximum absolute atomic E-state index is 12.2. The van der Waals surface area contributed by atoms with Crippen LogP contribution < -0.4 is 10.6 Å². The van der Waals surface area contributed by atoms with Crippen molar-refractivity contribution >= 4 is 17.2 Å². The standard InChI is InChI=1S/C14H19N5OS/c1-9(5-12-4-3-10(2)21-12)16-14(20)13-8-19(18-17-13)11-6-15-7-11/h3-4,8-9,11,15H,5-7H2,1-2H3,(H,16,20). The smallest absolute Gasteiger partial charge is 0.273 e. The molecule has 0 radical (unpaired) electrons. The van der Waals surface area contributed by atoms with Crippen LogP contribution in [0, 0.1) is 6.92 Å². The molecule has 0 spiro atoms. The van der Waals surface area contributed by atoms with Crippen LogP contribution in [0.25, 0.3) is 0 Å². The Labute approximate surface area is 127 Å². The number of nitrogens with zero attached hydrogens (tertiary/aromatic N) is 3. The first kappa shape index (κ1) is 14.2. The summed E-state index contributed by atoms with van der Waals surface area (Å²) in [5.74, 6) is -0.158. The number of carbonyl (C=O) groups excluding carboxylic acids is 1. The molecular formula is C14H19N5OS. The third-order valence-corrected chi connectivity index (χ3v) is 4.58. The van der Waals surface area contributed by atoms with Crippen LogP contribution in [0.1, 0.15) is 33.2 Å². The van der Waals surface area contributed by atoms with Crippen LogP contribution in [0.2, 0.25) is 0 Å². The fraction of sp³-hybridized carbons (Fsp3) is 0.500. The molecule has 21 heavy (non-hydrogen) atoms. The van der Waals surface area contributed by atoms with Crippen molar-refractivity contribution < 1.29 is 4.79 Å². The summed E-state index contributed by atoms with van der Waals surface area (Å²) in [6, 6.07) is 4.62. The second-order valence-corrected chi connectivity index (χ2v) is 6.86. The molecule has 1 aliphatic rings. The lowest BCUT2D eigenvalue weighted by Crippen LogP contribution is -2.43. The van der Waals surface area contributed by atoms with Crippen molar-refractivity contribution in [2.24, 2.45) is 0 Å². The SMILES string of the molecule is Cc1ccc(CC(C)NC(=O)c2cn(C3CNC3)nn2)s1. The summed E-state index contributed by atoms with van der Waals surface area (Å²) in [7, 11) is 0. The van der Waals surface area contributed by atoms with E-state index in [0.717, 1.165) is 19.5 Å². The van der Waals surface area contributed by atoms with Crippen LogP contribution in [-0.4, -0.2) is 40.0 Å². The predicted molar refractivity (Wildman–Crippen MR) is 81.6 cm³/mol. The summed E-state index contributed by atoms with van der Waals surface area (Å²) >= 11 is 1.77. The Balaban J connectivity index is 1.56. The first-order valence-electron chi connectivity index (χ1n) is 7.10. The van der Waals surface area contributed by atoms with Gasteiger partial charge < -0.3 is 10.6 Å². The molecule has 112 valence electrons. The Morgan fingerprint density at radius 1 is 1.57 bits per heavy atom. The third kappa shape index (κ3) is 3.30. The fourth-order valence-electron chi connectivity index (χ4n) is 2.27. The molecule has 2 N–H and O–H groups in total. The van der Waals surface area contributed by atoms with E-state index < -0.39 is 0 Å². The molecule has 1 unspecified atom stereocenters. The van der Waals surface area contributed by atoms with Gasteiger partial charge in [-0.3, -0.25) is 4.79 Å². The minimum Gasteiger partial charge on any atom is -0.348 e. The summed E-state index contributed by atoms with van der Waals surface area (Å²) in [5.41, 5.74) is 0.385. The lowest BCUT2D eigenvalue weighted by molar-refractivity contribution is 0.0935. The average Bonchev–Trinajstić information content (AvgIpc) is 2.97. The van der Waals surface area contributed by atoms with Crippen LogP contribution in [0.5, 0.6) is 0 Å². The van der Waals surface area contributed by atoms with Gasteiger partial charge in [0.05, 0.1) is 12.2 Å². The topological polar surface area (TPSA) is 71.8 Å². The molecular weight excluding hydrogens is 286 g/mol. The number of rotatable bonds is 5. The van der Waals surface area contributed by atoms with E-state index in [1.54, 1.807) is 22.2 Å². The second-order valence-electron chi connectivity index (χ2n) is 5.49. The molecule has 6 nitrogen and oxygen atoms in total. The van der Waals surface area contributed by atoms with Crippen molar-refractivity contribution in [3.05, 3.63) is 33.8 Å². The number of nitrogens with one attached hydrogen (secondary N) is 2. The van der Waals surface area contributed by atoms with Gasteiger partial charge in [0.15, 0.2) is 5.69 Å². The van der Waals surface area contributed by atoms with Gasteiger partial charge in [-0.15, -0.1) is 16.4 Å².